The van der Waals surface area contributed by atoms with Crippen LogP contribution in [0.2, 0.25) is 0 Å². The van der Waals surface area contributed by atoms with E-state index < -0.39 is 15.7 Å². The first-order valence-corrected chi connectivity index (χ1v) is 14.7. The van der Waals surface area contributed by atoms with E-state index in [1.807, 2.05) is 25.1 Å². The molecule has 1 aromatic heterocycles. The Morgan fingerprint density at radius 1 is 1.15 bits per heavy atom. The fourth-order valence-corrected chi connectivity index (χ4v) is 7.43. The maximum Gasteiger partial charge on any atom is 0.256 e. The number of benzene rings is 2. The highest BCUT2D eigenvalue weighted by molar-refractivity contribution is 7.91. The third-order valence-electron chi connectivity index (χ3n) is 6.79. The molecular weight excluding hydrogens is 464 g/mol. The van der Waals surface area contributed by atoms with Crippen LogP contribution in [0.5, 0.6) is 0 Å². The van der Waals surface area contributed by atoms with E-state index >= 15 is 0 Å². The molecule has 0 saturated carbocycles. The number of piperidine rings is 1. The standard InChI is InChI=1S/C27H34N2O3S2/c1-4-5-16-34(31,32)26-9-7-6-8-22(26)27(30)28-21-10-11-25-23(17-21)24(18-33-25)20-12-14-29(15-13-20)19(2)3/h6-11,17-20H,4-5,12-16H2,1-3H3,(H,28,30). The number of nitrogens with zero attached hydrogens (tertiary/aromatic N) is 1. The smallest absolute Gasteiger partial charge is 0.256 e. The van der Waals surface area contributed by atoms with Gasteiger partial charge in [-0.25, -0.2) is 8.42 Å². The number of anilines is 1. The number of amides is 1. The first-order valence-electron chi connectivity index (χ1n) is 12.2. The van der Waals surface area contributed by atoms with Crippen molar-refractivity contribution >= 4 is 42.9 Å². The number of nitrogens with one attached hydrogen (secondary N) is 1. The normalized spacial score (nSPS) is 15.8. The van der Waals surface area contributed by atoms with Crippen LogP contribution in [0.4, 0.5) is 5.69 Å². The minimum Gasteiger partial charge on any atom is -0.322 e. The van der Waals surface area contributed by atoms with Gasteiger partial charge in [-0.15, -0.1) is 11.3 Å². The van der Waals surface area contributed by atoms with Gasteiger partial charge in [0.05, 0.1) is 16.2 Å². The molecule has 4 rings (SSSR count). The van der Waals surface area contributed by atoms with Crippen LogP contribution in [0.15, 0.2) is 52.7 Å². The fraction of sp³-hybridized carbons (Fsp3) is 0.444. The number of carbonyl (C=O) groups excluding carboxylic acids is 1. The van der Waals surface area contributed by atoms with Gasteiger partial charge >= 0.3 is 0 Å². The van der Waals surface area contributed by atoms with Crippen LogP contribution in [0.3, 0.4) is 0 Å². The Bertz CT molecular complexity index is 1260. The molecule has 0 radical (unpaired) electrons. The molecule has 1 aliphatic heterocycles. The quantitative estimate of drug-likeness (QED) is 0.395. The van der Waals surface area contributed by atoms with E-state index in [0.29, 0.717) is 24.1 Å². The highest BCUT2D eigenvalue weighted by Gasteiger charge is 2.25. The summed E-state index contributed by atoms with van der Waals surface area (Å²) < 4.78 is 26.8. The molecule has 1 amide bonds. The van der Waals surface area contributed by atoms with E-state index in [-0.39, 0.29) is 16.2 Å². The SMILES string of the molecule is CCCCS(=O)(=O)c1ccccc1C(=O)Nc1ccc2scc(C3CCN(C(C)C)CC3)c2c1. The highest BCUT2D eigenvalue weighted by atomic mass is 32.2. The van der Waals surface area contributed by atoms with Gasteiger partial charge in [0.25, 0.3) is 5.91 Å². The molecule has 1 aliphatic rings. The first kappa shape index (κ1) is 24.9. The number of thiophene rings is 1. The Kier molecular flexibility index (Phi) is 7.75. The van der Waals surface area contributed by atoms with E-state index in [2.05, 4.69) is 29.4 Å². The average molecular weight is 499 g/mol. The van der Waals surface area contributed by atoms with Crippen molar-refractivity contribution in [1.82, 2.24) is 4.90 Å². The molecule has 0 spiro atoms. The first-order chi connectivity index (χ1) is 16.3. The second-order valence-electron chi connectivity index (χ2n) is 9.43. The number of hydrogen-bond acceptors (Lipinski definition) is 5. The van der Waals surface area contributed by atoms with Crippen molar-refractivity contribution in [2.75, 3.05) is 24.2 Å². The third kappa shape index (κ3) is 5.37. The third-order valence-corrected chi connectivity index (χ3v) is 9.63. The lowest BCUT2D eigenvalue weighted by Crippen LogP contribution is -2.37. The molecule has 0 unspecified atom stereocenters. The van der Waals surface area contributed by atoms with Crippen LogP contribution in [0, 0.1) is 0 Å². The van der Waals surface area contributed by atoms with Crippen LogP contribution in [0.25, 0.3) is 10.1 Å². The van der Waals surface area contributed by atoms with Crippen LogP contribution < -0.4 is 5.32 Å². The van der Waals surface area contributed by atoms with E-state index in [4.69, 9.17) is 0 Å². The number of sulfone groups is 1. The van der Waals surface area contributed by atoms with E-state index in [1.54, 1.807) is 29.5 Å². The van der Waals surface area contributed by atoms with Gasteiger partial charge in [0, 0.05) is 16.4 Å². The van der Waals surface area contributed by atoms with Crippen LogP contribution in [-0.2, 0) is 9.84 Å². The molecule has 1 saturated heterocycles. The van der Waals surface area contributed by atoms with Gasteiger partial charge in [0.2, 0.25) is 0 Å². The minimum atomic E-state index is -3.51. The van der Waals surface area contributed by atoms with Crippen molar-refractivity contribution in [1.29, 1.82) is 0 Å². The summed E-state index contributed by atoms with van der Waals surface area (Å²) in [6.07, 6.45) is 3.65. The topological polar surface area (TPSA) is 66.5 Å². The van der Waals surface area contributed by atoms with Gasteiger partial charge < -0.3 is 10.2 Å². The lowest BCUT2D eigenvalue weighted by molar-refractivity contribution is 0.102. The predicted molar refractivity (Wildman–Crippen MR) is 142 cm³/mol. The summed E-state index contributed by atoms with van der Waals surface area (Å²) in [5.74, 6) is 0.185. The van der Waals surface area contributed by atoms with Crippen molar-refractivity contribution in [3.05, 3.63) is 59.0 Å². The van der Waals surface area contributed by atoms with E-state index in [0.717, 1.165) is 32.4 Å². The van der Waals surface area contributed by atoms with Crippen molar-refractivity contribution < 1.29 is 13.2 Å². The average Bonchev–Trinajstić information content (AvgIpc) is 3.26. The van der Waals surface area contributed by atoms with E-state index in [9.17, 15) is 13.2 Å². The second kappa shape index (κ2) is 10.6. The molecule has 0 bridgehead atoms. The van der Waals surface area contributed by atoms with Crippen LogP contribution in [0.1, 0.15) is 68.3 Å². The zero-order valence-corrected chi connectivity index (χ0v) is 21.8. The summed E-state index contributed by atoms with van der Waals surface area (Å²) in [6, 6.07) is 13.1. The largest absolute Gasteiger partial charge is 0.322 e. The number of carbonyl (C=O) groups is 1. The molecular formula is C27H34N2O3S2. The lowest BCUT2D eigenvalue weighted by Gasteiger charge is -2.34. The molecule has 3 aromatic rings. The fourth-order valence-electron chi connectivity index (χ4n) is 4.74. The zero-order valence-electron chi connectivity index (χ0n) is 20.2. The van der Waals surface area contributed by atoms with E-state index in [1.165, 1.54) is 21.7 Å². The number of likely N-dealkylation sites (tertiary alicyclic amines) is 1. The van der Waals surface area contributed by atoms with Crippen LogP contribution >= 0.6 is 11.3 Å². The van der Waals surface area contributed by atoms with Crippen LogP contribution in [-0.4, -0.2) is 44.1 Å². The summed E-state index contributed by atoms with van der Waals surface area (Å²) >= 11 is 1.75. The zero-order chi connectivity index (χ0) is 24.3. The molecule has 7 heteroatoms. The molecule has 182 valence electrons. The maximum absolute atomic E-state index is 13.1. The van der Waals surface area contributed by atoms with Crippen molar-refractivity contribution in [2.45, 2.75) is 63.3 Å². The Balaban J connectivity index is 1.56. The van der Waals surface area contributed by atoms with Gasteiger partial charge in [-0.05, 0) is 98.8 Å². The molecule has 2 aromatic carbocycles. The summed E-state index contributed by atoms with van der Waals surface area (Å²) in [5, 5.41) is 6.41. The number of unbranched alkanes of at least 4 members (excludes halogenated alkanes) is 1. The van der Waals surface area contributed by atoms with Crippen molar-refractivity contribution in [3.63, 3.8) is 0 Å². The summed E-state index contributed by atoms with van der Waals surface area (Å²) in [4.78, 5) is 15.8. The monoisotopic (exact) mass is 498 g/mol. The van der Waals surface area contributed by atoms with Gasteiger partial charge in [-0.2, -0.15) is 0 Å². The Labute approximate surface area is 207 Å². The lowest BCUT2D eigenvalue weighted by atomic mass is 9.88. The van der Waals surface area contributed by atoms with Gasteiger partial charge in [-0.3, -0.25) is 4.79 Å². The summed E-state index contributed by atoms with van der Waals surface area (Å²) in [7, 11) is -3.51. The number of fused-ring (bicyclic) bond motifs is 1. The maximum atomic E-state index is 13.1. The van der Waals surface area contributed by atoms with Crippen molar-refractivity contribution in [2.24, 2.45) is 0 Å². The van der Waals surface area contributed by atoms with Gasteiger partial charge in [-0.1, -0.05) is 25.5 Å². The molecule has 1 fully saturated rings. The van der Waals surface area contributed by atoms with Gasteiger partial charge in [0.15, 0.2) is 9.84 Å². The Morgan fingerprint density at radius 3 is 2.59 bits per heavy atom. The molecule has 34 heavy (non-hydrogen) atoms. The Morgan fingerprint density at radius 2 is 1.88 bits per heavy atom. The molecule has 0 aliphatic carbocycles. The number of rotatable bonds is 8. The highest BCUT2D eigenvalue weighted by Crippen LogP contribution is 2.38. The minimum absolute atomic E-state index is 0.0492. The number of hydrogen-bond donors (Lipinski definition) is 1. The summed E-state index contributed by atoms with van der Waals surface area (Å²) in [5.41, 5.74) is 2.25. The molecule has 0 atom stereocenters. The summed E-state index contributed by atoms with van der Waals surface area (Å²) in [6.45, 7) is 8.68. The predicted octanol–water partition coefficient (Wildman–Crippen LogP) is 6.32. The van der Waals surface area contributed by atoms with Crippen molar-refractivity contribution in [3.8, 4) is 0 Å². The molecule has 5 nitrogen and oxygen atoms in total. The molecule has 2 heterocycles. The second-order valence-corrected chi connectivity index (χ2v) is 12.4. The molecule has 1 N–H and O–H groups in total. The Hall–Kier alpha value is -2.22. The van der Waals surface area contributed by atoms with Gasteiger partial charge in [0.1, 0.15) is 0 Å².